The molecule has 60 valence electrons. The maximum absolute atomic E-state index is 5.74. The minimum absolute atomic E-state index is 0.0428. The molecule has 1 aliphatic rings. The van der Waals surface area contributed by atoms with E-state index in [0.717, 1.165) is 26.3 Å². The minimum atomic E-state index is 0.0428. The Morgan fingerprint density at radius 3 is 3.10 bits per heavy atom. The van der Waals surface area contributed by atoms with E-state index >= 15 is 0 Å². The third kappa shape index (κ3) is 1.91. The second-order valence-electron chi connectivity index (χ2n) is 2.55. The molecule has 0 aliphatic carbocycles. The van der Waals surface area contributed by atoms with Crippen LogP contribution in [0.2, 0.25) is 0 Å². The Balaban J connectivity index is 2.25. The van der Waals surface area contributed by atoms with Crippen molar-refractivity contribution in [3.63, 3.8) is 0 Å². The fourth-order valence-electron chi connectivity index (χ4n) is 1.11. The third-order valence-corrected chi connectivity index (χ3v) is 1.66. The Bertz CT molecular complexity index is 93.7. The quantitative estimate of drug-likeness (QED) is 0.467. The lowest BCUT2D eigenvalue weighted by atomic mass is 10.4. The first kappa shape index (κ1) is 7.94. The molecule has 1 fully saturated rings. The topological polar surface area (TPSA) is 53.3 Å². The molecule has 4 heteroatoms. The summed E-state index contributed by atoms with van der Waals surface area (Å²) in [4.78, 5) is 2.17. The molecule has 0 radical (unpaired) electrons. The van der Waals surface area contributed by atoms with Crippen molar-refractivity contribution in [1.29, 1.82) is 0 Å². The van der Waals surface area contributed by atoms with Crippen molar-refractivity contribution in [3.8, 4) is 0 Å². The second kappa shape index (κ2) is 3.88. The van der Waals surface area contributed by atoms with Crippen molar-refractivity contribution in [2.75, 3.05) is 19.9 Å². The predicted molar refractivity (Wildman–Crippen MR) is 41.0 cm³/mol. The van der Waals surface area contributed by atoms with Crippen molar-refractivity contribution in [1.82, 2.24) is 15.5 Å². The van der Waals surface area contributed by atoms with E-state index in [-0.39, 0.29) is 6.29 Å². The van der Waals surface area contributed by atoms with Crippen LogP contribution in [0.3, 0.4) is 0 Å². The van der Waals surface area contributed by atoms with Crippen LogP contribution >= 0.6 is 0 Å². The second-order valence-corrected chi connectivity index (χ2v) is 2.55. The monoisotopic (exact) mass is 144 g/mol. The van der Waals surface area contributed by atoms with Crippen LogP contribution in [0, 0.1) is 0 Å². The molecular formula is C6H16N4. The molecule has 0 saturated carbocycles. The van der Waals surface area contributed by atoms with Gasteiger partial charge in [-0.25, -0.2) is 0 Å². The Kier molecular flexibility index (Phi) is 3.08. The van der Waals surface area contributed by atoms with Crippen molar-refractivity contribution in [2.24, 2.45) is 5.73 Å². The highest BCUT2D eigenvalue weighted by Gasteiger charge is 2.15. The van der Waals surface area contributed by atoms with Gasteiger partial charge in [-0.05, 0) is 6.42 Å². The summed E-state index contributed by atoms with van der Waals surface area (Å²) in [5.74, 6) is 0. The summed E-state index contributed by atoms with van der Waals surface area (Å²) in [7, 11) is 0. The summed E-state index contributed by atoms with van der Waals surface area (Å²) in [6.07, 6.45) is 1.19. The lowest BCUT2D eigenvalue weighted by Crippen LogP contribution is -2.62. The molecule has 1 rings (SSSR count). The highest BCUT2D eigenvalue weighted by Crippen LogP contribution is 1.93. The number of nitrogens with zero attached hydrogens (tertiary/aromatic N) is 1. The van der Waals surface area contributed by atoms with Crippen LogP contribution in [-0.4, -0.2) is 31.1 Å². The van der Waals surface area contributed by atoms with Gasteiger partial charge in [0.2, 0.25) is 0 Å². The molecule has 10 heavy (non-hydrogen) atoms. The van der Waals surface area contributed by atoms with Gasteiger partial charge < -0.3 is 5.73 Å². The van der Waals surface area contributed by atoms with Gasteiger partial charge in [-0.1, -0.05) is 6.92 Å². The van der Waals surface area contributed by atoms with E-state index in [0.29, 0.717) is 0 Å². The van der Waals surface area contributed by atoms with Crippen LogP contribution in [0.4, 0.5) is 0 Å². The molecule has 1 unspecified atom stereocenters. The maximum Gasteiger partial charge on any atom is 0.113 e. The Labute approximate surface area is 61.8 Å². The Morgan fingerprint density at radius 2 is 2.50 bits per heavy atom. The summed E-state index contributed by atoms with van der Waals surface area (Å²) in [5, 5.41) is 6.29. The van der Waals surface area contributed by atoms with Crippen LogP contribution in [0.5, 0.6) is 0 Å². The van der Waals surface area contributed by atoms with Gasteiger partial charge in [-0.15, -0.1) is 0 Å². The minimum Gasteiger partial charge on any atom is -0.303 e. The molecule has 0 aromatic carbocycles. The molecule has 0 bridgehead atoms. The van der Waals surface area contributed by atoms with Crippen LogP contribution in [0.25, 0.3) is 0 Å². The average molecular weight is 144 g/mol. The molecule has 0 aromatic heterocycles. The molecule has 0 aromatic rings. The molecule has 1 atom stereocenters. The van der Waals surface area contributed by atoms with E-state index in [1.165, 1.54) is 0 Å². The van der Waals surface area contributed by atoms with E-state index in [1.807, 2.05) is 0 Å². The van der Waals surface area contributed by atoms with Crippen molar-refractivity contribution >= 4 is 0 Å². The average Bonchev–Trinajstić information content (AvgIpc) is 1.94. The summed E-state index contributed by atoms with van der Waals surface area (Å²) in [5.41, 5.74) is 5.74. The smallest absolute Gasteiger partial charge is 0.113 e. The number of nitrogens with two attached hydrogens (primary N) is 1. The first-order valence-electron chi connectivity index (χ1n) is 3.78. The van der Waals surface area contributed by atoms with Gasteiger partial charge in [-0.2, -0.15) is 0 Å². The first-order valence-corrected chi connectivity index (χ1v) is 3.78. The molecule has 0 spiro atoms. The van der Waals surface area contributed by atoms with E-state index in [1.54, 1.807) is 0 Å². The van der Waals surface area contributed by atoms with Crippen LogP contribution in [0.15, 0.2) is 0 Å². The zero-order valence-corrected chi connectivity index (χ0v) is 6.43. The lowest BCUT2D eigenvalue weighted by molar-refractivity contribution is 0.116. The summed E-state index contributed by atoms with van der Waals surface area (Å²) >= 11 is 0. The van der Waals surface area contributed by atoms with Crippen LogP contribution in [0.1, 0.15) is 13.3 Å². The Hall–Kier alpha value is -0.160. The van der Waals surface area contributed by atoms with Gasteiger partial charge >= 0.3 is 0 Å². The molecule has 1 aliphatic heterocycles. The largest absolute Gasteiger partial charge is 0.303 e. The number of hydrogen-bond acceptors (Lipinski definition) is 4. The molecule has 1 heterocycles. The maximum atomic E-state index is 5.74. The van der Waals surface area contributed by atoms with Crippen LogP contribution < -0.4 is 16.4 Å². The van der Waals surface area contributed by atoms with E-state index in [9.17, 15) is 0 Å². The summed E-state index contributed by atoms with van der Waals surface area (Å²) in [6.45, 7) is 4.94. The molecule has 4 nitrogen and oxygen atoms in total. The summed E-state index contributed by atoms with van der Waals surface area (Å²) in [6, 6.07) is 0. The van der Waals surface area contributed by atoms with Gasteiger partial charge in [0.15, 0.2) is 0 Å². The lowest BCUT2D eigenvalue weighted by Gasteiger charge is -2.33. The predicted octanol–water partition coefficient (Wildman–Crippen LogP) is -0.951. The van der Waals surface area contributed by atoms with E-state index in [2.05, 4.69) is 22.5 Å². The standard InChI is InChI=1S/C6H16N4/c1-2-3-10-5-8-4-9-6(10)7/h6,8-9H,2-5,7H2,1H3. The zero-order valence-electron chi connectivity index (χ0n) is 6.43. The zero-order chi connectivity index (χ0) is 7.40. The van der Waals surface area contributed by atoms with Gasteiger partial charge in [0.05, 0.1) is 6.67 Å². The molecule has 1 saturated heterocycles. The molecule has 4 N–H and O–H groups in total. The third-order valence-electron chi connectivity index (χ3n) is 1.66. The van der Waals surface area contributed by atoms with Gasteiger partial charge in [0, 0.05) is 13.2 Å². The SMILES string of the molecule is CCCN1CNCNC1N. The van der Waals surface area contributed by atoms with Crippen molar-refractivity contribution < 1.29 is 0 Å². The first-order chi connectivity index (χ1) is 4.84. The number of nitrogens with one attached hydrogen (secondary N) is 2. The van der Waals surface area contributed by atoms with E-state index in [4.69, 9.17) is 5.73 Å². The van der Waals surface area contributed by atoms with Gasteiger partial charge in [0.25, 0.3) is 0 Å². The van der Waals surface area contributed by atoms with E-state index < -0.39 is 0 Å². The molecule has 0 amide bonds. The highest BCUT2D eigenvalue weighted by atomic mass is 15.4. The van der Waals surface area contributed by atoms with Gasteiger partial charge in [0.1, 0.15) is 6.29 Å². The van der Waals surface area contributed by atoms with Crippen molar-refractivity contribution in [3.05, 3.63) is 0 Å². The molecular weight excluding hydrogens is 128 g/mol. The van der Waals surface area contributed by atoms with Crippen LogP contribution in [-0.2, 0) is 0 Å². The van der Waals surface area contributed by atoms with Gasteiger partial charge in [-0.3, -0.25) is 15.5 Å². The number of hydrogen-bond donors (Lipinski definition) is 3. The van der Waals surface area contributed by atoms with Crippen molar-refractivity contribution in [2.45, 2.75) is 19.6 Å². The fourth-order valence-corrected chi connectivity index (χ4v) is 1.11. The highest BCUT2D eigenvalue weighted by molar-refractivity contribution is 4.66. The number of rotatable bonds is 2. The Morgan fingerprint density at radius 1 is 1.70 bits per heavy atom. The fraction of sp³-hybridized carbons (Fsp3) is 1.00. The normalized spacial score (nSPS) is 28.8. The summed E-state index contributed by atoms with van der Waals surface area (Å²) < 4.78 is 0.